The number of hydrogen-bond acceptors (Lipinski definition) is 6. The zero-order valence-corrected chi connectivity index (χ0v) is 17.2. The molecule has 0 aliphatic heterocycles. The molecule has 2 aromatic carbocycles. The molecular weight excluding hydrogens is 396 g/mol. The van der Waals surface area contributed by atoms with Gasteiger partial charge in [0.15, 0.2) is 0 Å². The van der Waals surface area contributed by atoms with Crippen LogP contribution < -0.4 is 11.1 Å². The van der Waals surface area contributed by atoms with Crippen LogP contribution in [0, 0.1) is 0 Å². The Bertz CT molecular complexity index is 926. The summed E-state index contributed by atoms with van der Waals surface area (Å²) in [5, 5.41) is 2.51. The summed E-state index contributed by atoms with van der Waals surface area (Å²) in [5.41, 5.74) is 9.92. The van der Waals surface area contributed by atoms with Crippen LogP contribution in [0.1, 0.15) is 36.3 Å². The topological polar surface area (TPSA) is 108 Å². The number of rotatable bonds is 9. The molecule has 7 nitrogen and oxygen atoms in total. The van der Waals surface area contributed by atoms with Crippen LogP contribution in [0.5, 0.6) is 0 Å². The fraction of sp³-hybridized carbons (Fsp3) is 0.292. The lowest BCUT2D eigenvalue weighted by molar-refractivity contribution is -0.157. The van der Waals surface area contributed by atoms with Crippen molar-refractivity contribution in [3.63, 3.8) is 0 Å². The molecule has 162 valence electrons. The van der Waals surface area contributed by atoms with E-state index in [9.17, 15) is 14.4 Å². The molecule has 0 saturated heterocycles. The molecular formula is C24H26N2O5. The predicted molar refractivity (Wildman–Crippen MR) is 116 cm³/mol. The molecule has 0 unspecified atom stereocenters. The molecule has 31 heavy (non-hydrogen) atoms. The molecule has 1 atom stereocenters. The fourth-order valence-electron chi connectivity index (χ4n) is 3.74. The zero-order chi connectivity index (χ0) is 22.2. The van der Waals surface area contributed by atoms with Crippen molar-refractivity contribution >= 4 is 18.0 Å². The predicted octanol–water partition coefficient (Wildman–Crippen LogP) is 3.28. The van der Waals surface area contributed by atoms with Gasteiger partial charge in [-0.3, -0.25) is 0 Å². The van der Waals surface area contributed by atoms with Gasteiger partial charge in [-0.05, 0) is 48.1 Å². The summed E-state index contributed by atoms with van der Waals surface area (Å²) in [6.07, 6.45) is 1.68. The summed E-state index contributed by atoms with van der Waals surface area (Å²) in [5.74, 6) is -1.82. The number of amides is 1. The molecule has 0 aromatic heterocycles. The van der Waals surface area contributed by atoms with Crippen LogP contribution in [-0.4, -0.2) is 37.2 Å². The van der Waals surface area contributed by atoms with Gasteiger partial charge in [0.25, 0.3) is 0 Å². The van der Waals surface area contributed by atoms with Crippen LogP contribution in [0.3, 0.4) is 0 Å². The van der Waals surface area contributed by atoms with Gasteiger partial charge >= 0.3 is 18.0 Å². The lowest BCUT2D eigenvalue weighted by Gasteiger charge is -2.18. The molecule has 1 aliphatic rings. The first-order valence-corrected chi connectivity index (χ1v) is 10.2. The number of fused-ring (bicyclic) bond motifs is 3. The van der Waals surface area contributed by atoms with E-state index in [1.807, 2.05) is 48.5 Å². The molecule has 0 saturated carbocycles. The van der Waals surface area contributed by atoms with Crippen LogP contribution in [0.4, 0.5) is 4.79 Å². The molecule has 0 radical (unpaired) electrons. The van der Waals surface area contributed by atoms with Crippen molar-refractivity contribution in [3.05, 3.63) is 72.3 Å². The molecule has 1 amide bonds. The Balaban J connectivity index is 1.65. The second-order valence-corrected chi connectivity index (χ2v) is 7.25. The lowest BCUT2D eigenvalue weighted by atomic mass is 9.98. The zero-order valence-electron chi connectivity index (χ0n) is 17.2. The molecule has 3 N–H and O–H groups in total. The Labute approximate surface area is 181 Å². The number of alkyl carbamates (subject to hydrolysis) is 1. The summed E-state index contributed by atoms with van der Waals surface area (Å²) < 4.78 is 10.1. The Hall–Kier alpha value is -3.45. The molecule has 0 spiro atoms. The van der Waals surface area contributed by atoms with Crippen LogP contribution in [-0.2, 0) is 19.1 Å². The van der Waals surface area contributed by atoms with E-state index in [0.29, 0.717) is 19.4 Å². The van der Waals surface area contributed by atoms with E-state index in [1.54, 1.807) is 0 Å². The Morgan fingerprint density at radius 1 is 1.03 bits per heavy atom. The molecule has 0 fully saturated rings. The number of esters is 2. The van der Waals surface area contributed by atoms with Gasteiger partial charge in [0, 0.05) is 12.0 Å². The summed E-state index contributed by atoms with van der Waals surface area (Å²) in [6, 6.07) is 15.0. The number of nitrogens with two attached hydrogens (primary N) is 1. The van der Waals surface area contributed by atoms with Crippen molar-refractivity contribution in [2.45, 2.75) is 31.2 Å². The number of ether oxygens (including phenoxy) is 2. The maximum absolute atomic E-state index is 12.5. The number of carbonyl (C=O) groups excluding carboxylic acids is 3. The third-order valence-corrected chi connectivity index (χ3v) is 5.24. The van der Waals surface area contributed by atoms with Gasteiger partial charge in [-0.25, -0.2) is 14.4 Å². The summed E-state index contributed by atoms with van der Waals surface area (Å²) in [7, 11) is 0. The van der Waals surface area contributed by atoms with Gasteiger partial charge in [-0.1, -0.05) is 55.1 Å². The largest absolute Gasteiger partial charge is 0.449 e. The molecule has 2 aromatic rings. The fourth-order valence-corrected chi connectivity index (χ4v) is 3.74. The van der Waals surface area contributed by atoms with E-state index in [1.165, 1.54) is 0 Å². The van der Waals surface area contributed by atoms with Crippen molar-refractivity contribution < 1.29 is 23.9 Å². The van der Waals surface area contributed by atoms with E-state index >= 15 is 0 Å². The van der Waals surface area contributed by atoms with Gasteiger partial charge in [0.2, 0.25) is 0 Å². The third kappa shape index (κ3) is 5.38. The van der Waals surface area contributed by atoms with Crippen molar-refractivity contribution in [2.75, 3.05) is 13.2 Å². The van der Waals surface area contributed by atoms with Crippen molar-refractivity contribution in [1.82, 2.24) is 5.32 Å². The van der Waals surface area contributed by atoms with E-state index in [2.05, 4.69) is 16.6 Å². The Morgan fingerprint density at radius 3 is 2.23 bits per heavy atom. The standard InChI is InChI=1S/C24H26N2O5/c1-2-22(27)31-23(28)21(13-7-8-14-25)26-24(29)30-15-20-18-11-5-3-9-16(18)17-10-4-6-12-19(17)20/h2-6,9-12,20-21H,1,7-8,13-15,25H2,(H,26,29)/t21-/m0/s1. The number of carbonyl (C=O) groups is 3. The summed E-state index contributed by atoms with van der Waals surface area (Å²) >= 11 is 0. The number of hydrogen-bond donors (Lipinski definition) is 2. The minimum Gasteiger partial charge on any atom is -0.449 e. The van der Waals surface area contributed by atoms with E-state index in [0.717, 1.165) is 28.3 Å². The summed E-state index contributed by atoms with van der Waals surface area (Å²) in [6.45, 7) is 3.84. The maximum atomic E-state index is 12.5. The lowest BCUT2D eigenvalue weighted by Crippen LogP contribution is -2.43. The summed E-state index contributed by atoms with van der Waals surface area (Å²) in [4.78, 5) is 36.0. The van der Waals surface area contributed by atoms with Gasteiger partial charge in [0.1, 0.15) is 12.6 Å². The van der Waals surface area contributed by atoms with Gasteiger partial charge in [-0.15, -0.1) is 0 Å². The number of nitrogens with one attached hydrogen (secondary N) is 1. The highest BCUT2D eigenvalue weighted by Gasteiger charge is 2.30. The minimum absolute atomic E-state index is 0.0943. The first-order chi connectivity index (χ1) is 15.0. The molecule has 3 rings (SSSR count). The molecule has 0 heterocycles. The van der Waals surface area contributed by atoms with Crippen LogP contribution in [0.2, 0.25) is 0 Å². The average Bonchev–Trinajstić information content (AvgIpc) is 3.10. The molecule has 7 heteroatoms. The molecule has 1 aliphatic carbocycles. The van der Waals surface area contributed by atoms with Gasteiger partial charge < -0.3 is 20.5 Å². The molecule has 0 bridgehead atoms. The minimum atomic E-state index is -1.01. The van der Waals surface area contributed by atoms with Crippen LogP contribution in [0.25, 0.3) is 11.1 Å². The van der Waals surface area contributed by atoms with E-state index in [4.69, 9.17) is 10.5 Å². The number of benzene rings is 2. The maximum Gasteiger partial charge on any atom is 0.407 e. The average molecular weight is 422 g/mol. The third-order valence-electron chi connectivity index (χ3n) is 5.24. The first-order valence-electron chi connectivity index (χ1n) is 10.2. The Kier molecular flexibility index (Phi) is 7.56. The van der Waals surface area contributed by atoms with E-state index < -0.39 is 24.1 Å². The second-order valence-electron chi connectivity index (χ2n) is 7.25. The first kappa shape index (κ1) is 22.2. The van der Waals surface area contributed by atoms with Crippen molar-refractivity contribution in [3.8, 4) is 11.1 Å². The van der Waals surface area contributed by atoms with E-state index in [-0.39, 0.29) is 18.9 Å². The van der Waals surface area contributed by atoms with Crippen molar-refractivity contribution in [2.24, 2.45) is 5.73 Å². The van der Waals surface area contributed by atoms with Crippen molar-refractivity contribution in [1.29, 1.82) is 0 Å². The quantitative estimate of drug-likeness (QED) is 0.278. The highest BCUT2D eigenvalue weighted by atomic mass is 16.6. The van der Waals surface area contributed by atoms with Gasteiger partial charge in [-0.2, -0.15) is 0 Å². The van der Waals surface area contributed by atoms with Crippen LogP contribution in [0.15, 0.2) is 61.2 Å². The normalized spacial score (nSPS) is 12.9. The highest BCUT2D eigenvalue weighted by molar-refractivity contribution is 5.94. The van der Waals surface area contributed by atoms with Crippen LogP contribution >= 0.6 is 0 Å². The number of unbranched alkanes of at least 4 members (excludes halogenated alkanes) is 1. The highest BCUT2D eigenvalue weighted by Crippen LogP contribution is 2.44. The SMILES string of the molecule is C=CC(=O)OC(=O)[C@H](CCCCN)NC(=O)OCC1c2ccccc2-c2ccccc21. The van der Waals surface area contributed by atoms with Gasteiger partial charge in [0.05, 0.1) is 0 Å². The smallest absolute Gasteiger partial charge is 0.407 e. The second kappa shape index (κ2) is 10.5. The Morgan fingerprint density at radius 2 is 1.65 bits per heavy atom. The monoisotopic (exact) mass is 422 g/mol.